The largest absolute Gasteiger partial charge is 0.496 e. The molecule has 3 rings (SSSR count). The summed E-state index contributed by atoms with van der Waals surface area (Å²) in [5.41, 5.74) is 2.30. The summed E-state index contributed by atoms with van der Waals surface area (Å²) >= 11 is 0. The Kier molecular flexibility index (Phi) is 4.83. The van der Waals surface area contributed by atoms with Gasteiger partial charge in [-0.3, -0.25) is 4.90 Å². The van der Waals surface area contributed by atoms with Gasteiger partial charge in [0.2, 0.25) is 6.79 Å². The van der Waals surface area contributed by atoms with Crippen molar-refractivity contribution in [1.82, 2.24) is 4.90 Å². The molecule has 23 heavy (non-hydrogen) atoms. The summed E-state index contributed by atoms with van der Waals surface area (Å²) < 4.78 is 16.1. The number of likely N-dealkylation sites (N-methyl/N-ethyl adjacent to an activating group) is 1. The van der Waals surface area contributed by atoms with Gasteiger partial charge in [0, 0.05) is 18.7 Å². The zero-order valence-corrected chi connectivity index (χ0v) is 13.5. The average Bonchev–Trinajstić information content (AvgIpc) is 3.03. The van der Waals surface area contributed by atoms with Gasteiger partial charge in [-0.2, -0.15) is 0 Å². The molecule has 0 atom stereocenters. The first kappa shape index (κ1) is 15.4. The van der Waals surface area contributed by atoms with Gasteiger partial charge in [-0.1, -0.05) is 36.4 Å². The van der Waals surface area contributed by atoms with E-state index >= 15 is 0 Å². The lowest BCUT2D eigenvalue weighted by atomic mass is 10.1. The predicted octanol–water partition coefficient (Wildman–Crippen LogP) is 3.57. The fraction of sp³-hybridized carbons (Fsp3) is 0.263. The van der Waals surface area contributed by atoms with Gasteiger partial charge < -0.3 is 14.2 Å². The highest BCUT2D eigenvalue weighted by atomic mass is 16.7. The molecule has 1 aliphatic rings. The molecule has 0 saturated heterocycles. The standard InChI is InChI=1S/C19H21NO3/c1-20(11-5-7-16-6-3-4-8-17(16)21-2)13-15-9-10-18-19(12-15)23-14-22-18/h3-10,12H,11,13-14H2,1-2H3/b7-5+. The van der Waals surface area contributed by atoms with Crippen molar-refractivity contribution in [2.45, 2.75) is 6.54 Å². The van der Waals surface area contributed by atoms with Crippen LogP contribution in [-0.2, 0) is 6.54 Å². The fourth-order valence-electron chi connectivity index (χ4n) is 2.58. The number of hydrogen-bond acceptors (Lipinski definition) is 4. The Hall–Kier alpha value is -2.46. The minimum atomic E-state index is 0.316. The normalized spacial score (nSPS) is 13.0. The van der Waals surface area contributed by atoms with Crippen LogP contribution in [0, 0.1) is 0 Å². The van der Waals surface area contributed by atoms with Gasteiger partial charge in [0.1, 0.15) is 5.75 Å². The number of methoxy groups -OCH3 is 1. The van der Waals surface area contributed by atoms with E-state index in [4.69, 9.17) is 14.2 Å². The molecule has 0 spiro atoms. The first-order chi connectivity index (χ1) is 11.3. The van der Waals surface area contributed by atoms with Crippen molar-refractivity contribution in [3.05, 3.63) is 59.7 Å². The molecule has 1 aliphatic heterocycles. The van der Waals surface area contributed by atoms with E-state index in [-0.39, 0.29) is 0 Å². The van der Waals surface area contributed by atoms with Gasteiger partial charge in [-0.05, 0) is 30.8 Å². The van der Waals surface area contributed by atoms with Crippen LogP contribution in [0.5, 0.6) is 17.2 Å². The van der Waals surface area contributed by atoms with Crippen LogP contribution in [-0.4, -0.2) is 32.4 Å². The molecule has 0 aromatic heterocycles. The summed E-state index contributed by atoms with van der Waals surface area (Å²) in [6.45, 7) is 2.02. The lowest BCUT2D eigenvalue weighted by Crippen LogP contribution is -2.17. The maximum atomic E-state index is 5.42. The van der Waals surface area contributed by atoms with Crippen LogP contribution in [0.1, 0.15) is 11.1 Å². The van der Waals surface area contributed by atoms with Crippen LogP contribution in [0.15, 0.2) is 48.5 Å². The van der Waals surface area contributed by atoms with Crippen LogP contribution in [0.2, 0.25) is 0 Å². The lowest BCUT2D eigenvalue weighted by molar-refractivity contribution is 0.174. The molecule has 0 bridgehead atoms. The third-order valence-electron chi connectivity index (χ3n) is 3.74. The molecule has 0 fully saturated rings. The summed E-state index contributed by atoms with van der Waals surface area (Å²) in [4.78, 5) is 2.24. The first-order valence-corrected chi connectivity index (χ1v) is 7.63. The number of hydrogen-bond donors (Lipinski definition) is 0. The Morgan fingerprint density at radius 3 is 2.83 bits per heavy atom. The molecule has 0 saturated carbocycles. The molecule has 0 N–H and O–H groups in total. The Balaban J connectivity index is 1.57. The first-order valence-electron chi connectivity index (χ1n) is 7.63. The molecule has 2 aromatic carbocycles. The van der Waals surface area contributed by atoms with Crippen molar-refractivity contribution in [1.29, 1.82) is 0 Å². The Morgan fingerprint density at radius 1 is 1.13 bits per heavy atom. The minimum Gasteiger partial charge on any atom is -0.496 e. The lowest BCUT2D eigenvalue weighted by Gasteiger charge is -2.14. The molecule has 0 unspecified atom stereocenters. The van der Waals surface area contributed by atoms with E-state index in [1.165, 1.54) is 5.56 Å². The second-order valence-corrected chi connectivity index (χ2v) is 5.53. The number of nitrogens with zero attached hydrogens (tertiary/aromatic N) is 1. The third-order valence-corrected chi connectivity index (χ3v) is 3.74. The number of ether oxygens (including phenoxy) is 3. The zero-order valence-electron chi connectivity index (χ0n) is 13.5. The molecule has 0 radical (unpaired) electrons. The second kappa shape index (κ2) is 7.20. The molecule has 4 nitrogen and oxygen atoms in total. The summed E-state index contributed by atoms with van der Waals surface area (Å²) in [6, 6.07) is 14.1. The van der Waals surface area contributed by atoms with E-state index in [0.717, 1.165) is 35.9 Å². The third kappa shape index (κ3) is 3.85. The van der Waals surface area contributed by atoms with E-state index < -0.39 is 0 Å². The fourth-order valence-corrected chi connectivity index (χ4v) is 2.58. The Morgan fingerprint density at radius 2 is 1.96 bits per heavy atom. The number of rotatable bonds is 6. The molecular formula is C19H21NO3. The average molecular weight is 311 g/mol. The van der Waals surface area contributed by atoms with Crippen molar-refractivity contribution >= 4 is 6.08 Å². The van der Waals surface area contributed by atoms with Crippen molar-refractivity contribution in [3.63, 3.8) is 0 Å². The summed E-state index contributed by atoms with van der Waals surface area (Å²) in [6.07, 6.45) is 4.24. The number of fused-ring (bicyclic) bond motifs is 1. The van der Waals surface area contributed by atoms with Gasteiger partial charge >= 0.3 is 0 Å². The van der Waals surface area contributed by atoms with Crippen molar-refractivity contribution in [3.8, 4) is 17.2 Å². The van der Waals surface area contributed by atoms with Gasteiger partial charge in [-0.25, -0.2) is 0 Å². The molecule has 0 amide bonds. The Labute approximate surface area is 136 Å². The van der Waals surface area contributed by atoms with Gasteiger partial charge in [0.25, 0.3) is 0 Å². The summed E-state index contributed by atoms with van der Waals surface area (Å²) in [5.74, 6) is 2.55. The van der Waals surface area contributed by atoms with E-state index in [2.05, 4.69) is 30.2 Å². The van der Waals surface area contributed by atoms with E-state index in [0.29, 0.717) is 6.79 Å². The summed E-state index contributed by atoms with van der Waals surface area (Å²) in [7, 11) is 3.79. The van der Waals surface area contributed by atoms with Gasteiger partial charge in [0.15, 0.2) is 11.5 Å². The van der Waals surface area contributed by atoms with E-state index in [1.807, 2.05) is 36.4 Å². The zero-order chi connectivity index (χ0) is 16.1. The highest BCUT2D eigenvalue weighted by Crippen LogP contribution is 2.32. The van der Waals surface area contributed by atoms with E-state index in [1.54, 1.807) is 7.11 Å². The van der Waals surface area contributed by atoms with Crippen LogP contribution >= 0.6 is 0 Å². The van der Waals surface area contributed by atoms with Gasteiger partial charge in [-0.15, -0.1) is 0 Å². The molecule has 120 valence electrons. The summed E-state index contributed by atoms with van der Waals surface area (Å²) in [5, 5.41) is 0. The monoisotopic (exact) mass is 311 g/mol. The molecule has 4 heteroatoms. The molecule has 0 aliphatic carbocycles. The smallest absolute Gasteiger partial charge is 0.231 e. The molecule has 2 aromatic rings. The quantitative estimate of drug-likeness (QED) is 0.816. The van der Waals surface area contributed by atoms with Crippen molar-refractivity contribution in [2.24, 2.45) is 0 Å². The SMILES string of the molecule is COc1ccccc1/C=C/CN(C)Cc1ccc2c(c1)OCO2. The van der Waals surface area contributed by atoms with Crippen LogP contribution < -0.4 is 14.2 Å². The van der Waals surface area contributed by atoms with Gasteiger partial charge in [0.05, 0.1) is 7.11 Å². The number of benzene rings is 2. The van der Waals surface area contributed by atoms with E-state index in [9.17, 15) is 0 Å². The highest BCUT2D eigenvalue weighted by Gasteiger charge is 2.13. The molecule has 1 heterocycles. The van der Waals surface area contributed by atoms with Crippen molar-refractivity contribution in [2.75, 3.05) is 27.5 Å². The maximum absolute atomic E-state index is 5.42. The minimum absolute atomic E-state index is 0.316. The van der Waals surface area contributed by atoms with Crippen LogP contribution in [0.25, 0.3) is 6.08 Å². The Bertz CT molecular complexity index is 697. The van der Waals surface area contributed by atoms with Crippen molar-refractivity contribution < 1.29 is 14.2 Å². The maximum Gasteiger partial charge on any atom is 0.231 e. The highest BCUT2D eigenvalue weighted by molar-refractivity contribution is 5.57. The molecular weight excluding hydrogens is 290 g/mol. The van der Waals surface area contributed by atoms with Crippen LogP contribution in [0.3, 0.4) is 0 Å². The second-order valence-electron chi connectivity index (χ2n) is 5.53. The predicted molar refractivity (Wildman–Crippen MR) is 90.9 cm³/mol. The van der Waals surface area contributed by atoms with Crippen LogP contribution in [0.4, 0.5) is 0 Å². The number of para-hydroxylation sites is 1. The topological polar surface area (TPSA) is 30.9 Å².